The van der Waals surface area contributed by atoms with Crippen LogP contribution >= 0.6 is 0 Å². The summed E-state index contributed by atoms with van der Waals surface area (Å²) in [5, 5.41) is 0. The normalized spacial score (nSPS) is 17.7. The molecule has 234 valence electrons. The molecule has 0 saturated carbocycles. The number of hydrogen-bond acceptors (Lipinski definition) is 7. The number of ether oxygens (including phenoxy) is 3. The quantitative estimate of drug-likeness (QED) is 0.301. The van der Waals surface area contributed by atoms with Crippen LogP contribution < -0.4 is 4.90 Å². The first-order valence-corrected chi connectivity index (χ1v) is 15.5. The zero-order valence-corrected chi connectivity index (χ0v) is 27.3. The Hall–Kier alpha value is -3.39. The lowest BCUT2D eigenvalue weighted by atomic mass is 9.81. The fraction of sp³-hybridized carbons (Fsp3) is 0.571. The summed E-state index contributed by atoms with van der Waals surface area (Å²) in [6.07, 6.45) is 3.61. The number of rotatable bonds is 8. The molecule has 0 aliphatic carbocycles. The molecule has 0 N–H and O–H groups in total. The average molecular weight is 592 g/mol. The number of pyridine rings is 1. The van der Waals surface area contributed by atoms with Gasteiger partial charge in [-0.25, -0.2) is 9.59 Å². The number of anilines is 1. The lowest BCUT2D eigenvalue weighted by Crippen LogP contribution is -2.40. The Bertz CT molecular complexity index is 1320. The molecule has 1 atom stereocenters. The van der Waals surface area contributed by atoms with E-state index in [2.05, 4.69) is 24.8 Å². The van der Waals surface area contributed by atoms with Crippen LogP contribution in [0.2, 0.25) is 0 Å². The molecule has 1 amide bonds. The minimum absolute atomic E-state index is 0.246. The van der Waals surface area contributed by atoms with Gasteiger partial charge in [0.25, 0.3) is 0 Å². The molecule has 2 aliphatic heterocycles. The number of nitrogens with zero attached hydrogens (tertiary/aromatic N) is 3. The second-order valence-electron chi connectivity index (χ2n) is 13.4. The van der Waals surface area contributed by atoms with Gasteiger partial charge in [-0.3, -0.25) is 4.98 Å². The van der Waals surface area contributed by atoms with Gasteiger partial charge in [0.15, 0.2) is 6.10 Å². The smallest absolute Gasteiger partial charge is 0.410 e. The van der Waals surface area contributed by atoms with Gasteiger partial charge in [0.2, 0.25) is 0 Å². The van der Waals surface area contributed by atoms with E-state index in [-0.39, 0.29) is 24.7 Å². The van der Waals surface area contributed by atoms with Crippen molar-refractivity contribution in [2.45, 2.75) is 93.0 Å². The Morgan fingerprint density at radius 1 is 1.00 bits per heavy atom. The molecule has 0 unspecified atom stereocenters. The van der Waals surface area contributed by atoms with Gasteiger partial charge < -0.3 is 24.0 Å². The topological polar surface area (TPSA) is 81.2 Å². The highest BCUT2D eigenvalue weighted by Crippen LogP contribution is 2.44. The molecule has 1 aromatic carbocycles. The fourth-order valence-electron chi connectivity index (χ4n) is 5.88. The number of piperidine rings is 1. The maximum atomic E-state index is 13.5. The summed E-state index contributed by atoms with van der Waals surface area (Å²) in [6.45, 7) is 19.5. The second-order valence-corrected chi connectivity index (χ2v) is 13.4. The third kappa shape index (κ3) is 8.17. The highest BCUT2D eigenvalue weighted by atomic mass is 16.6. The van der Waals surface area contributed by atoms with Crippen molar-refractivity contribution in [1.82, 2.24) is 9.88 Å². The minimum Gasteiger partial charge on any atom is -0.464 e. The lowest BCUT2D eigenvalue weighted by Gasteiger charge is -2.41. The van der Waals surface area contributed by atoms with E-state index in [1.54, 1.807) is 4.90 Å². The van der Waals surface area contributed by atoms with Crippen LogP contribution in [0.4, 0.5) is 10.5 Å². The maximum Gasteiger partial charge on any atom is 0.410 e. The number of aromatic nitrogens is 1. The molecule has 8 heteroatoms. The minimum atomic E-state index is -0.912. The molecule has 8 nitrogen and oxygen atoms in total. The molecule has 1 aromatic heterocycles. The van der Waals surface area contributed by atoms with E-state index in [9.17, 15) is 9.59 Å². The number of esters is 1. The van der Waals surface area contributed by atoms with Crippen molar-refractivity contribution in [3.05, 3.63) is 64.5 Å². The van der Waals surface area contributed by atoms with Gasteiger partial charge in [-0.1, -0.05) is 50.3 Å². The summed E-state index contributed by atoms with van der Waals surface area (Å²) in [5.74, 6) is -0.402. The largest absolute Gasteiger partial charge is 0.464 e. The molecule has 0 radical (unpaired) electrons. The Kier molecular flexibility index (Phi) is 10.2. The van der Waals surface area contributed by atoms with Gasteiger partial charge in [-0.05, 0) is 77.4 Å². The van der Waals surface area contributed by atoms with Gasteiger partial charge in [0.1, 0.15) is 6.61 Å². The third-order valence-corrected chi connectivity index (χ3v) is 8.24. The molecule has 43 heavy (non-hydrogen) atoms. The fourth-order valence-corrected chi connectivity index (χ4v) is 5.88. The molecule has 2 aromatic rings. The van der Waals surface area contributed by atoms with Crippen molar-refractivity contribution >= 4 is 23.3 Å². The SMILES string of the molecule is CCOC(=O)[C@@H](OC(C)(C)C)c1c(C)nc(C)c(C2=CCN(C(=O)OCc3ccccc3)CC2)c1N1CCC(C)(C)CC1. The molecule has 0 bridgehead atoms. The summed E-state index contributed by atoms with van der Waals surface area (Å²) in [4.78, 5) is 35.5. The number of amides is 1. The number of benzene rings is 1. The first kappa shape index (κ1) is 32.5. The van der Waals surface area contributed by atoms with Crippen molar-refractivity contribution in [3.63, 3.8) is 0 Å². The molecule has 0 spiro atoms. The van der Waals surface area contributed by atoms with E-state index in [0.29, 0.717) is 19.5 Å². The molecular weight excluding hydrogens is 542 g/mol. The monoisotopic (exact) mass is 591 g/mol. The molecule has 1 saturated heterocycles. The first-order chi connectivity index (χ1) is 20.3. The zero-order valence-electron chi connectivity index (χ0n) is 27.3. The van der Waals surface area contributed by atoms with Crippen LogP contribution in [-0.2, 0) is 25.6 Å². The van der Waals surface area contributed by atoms with Gasteiger partial charge in [-0.15, -0.1) is 0 Å². The van der Waals surface area contributed by atoms with Crippen LogP contribution in [0, 0.1) is 19.3 Å². The number of carbonyl (C=O) groups is 2. The predicted octanol–water partition coefficient (Wildman–Crippen LogP) is 7.17. The summed E-state index contributed by atoms with van der Waals surface area (Å²) in [7, 11) is 0. The van der Waals surface area contributed by atoms with Gasteiger partial charge in [-0.2, -0.15) is 0 Å². The van der Waals surface area contributed by atoms with Gasteiger partial charge in [0, 0.05) is 48.7 Å². The lowest BCUT2D eigenvalue weighted by molar-refractivity contribution is -0.166. The first-order valence-electron chi connectivity index (χ1n) is 15.5. The standard InChI is InChI=1S/C35H49N3O5/c1-9-41-32(39)31(43-34(4,5)6)29-25(3)36-24(2)28(30(29)37-21-17-35(7,8)18-22-37)27-15-19-38(20-16-27)33(40)42-23-26-13-11-10-12-14-26/h10-15,31H,9,16-23H2,1-8H3/t31-/m0/s1. The van der Waals surface area contributed by atoms with Crippen LogP contribution in [0.15, 0.2) is 36.4 Å². The van der Waals surface area contributed by atoms with Crippen LogP contribution in [0.5, 0.6) is 0 Å². The number of carbonyl (C=O) groups excluding carboxylic acids is 2. The van der Waals surface area contributed by atoms with E-state index in [1.165, 1.54) is 0 Å². The Labute approximate surface area is 257 Å². The predicted molar refractivity (Wildman–Crippen MR) is 170 cm³/mol. The van der Waals surface area contributed by atoms with E-state index < -0.39 is 17.7 Å². The molecule has 4 rings (SSSR count). The molecule has 2 aliphatic rings. The van der Waals surface area contributed by atoms with Gasteiger partial charge in [0.05, 0.1) is 17.9 Å². The van der Waals surface area contributed by atoms with Crippen molar-refractivity contribution in [3.8, 4) is 0 Å². The van der Waals surface area contributed by atoms with Crippen LogP contribution in [0.1, 0.15) is 95.0 Å². The van der Waals surface area contributed by atoms with E-state index >= 15 is 0 Å². The van der Waals surface area contributed by atoms with Crippen LogP contribution in [0.3, 0.4) is 0 Å². The van der Waals surface area contributed by atoms with Crippen molar-refractivity contribution in [1.29, 1.82) is 0 Å². The summed E-state index contributed by atoms with van der Waals surface area (Å²) in [6, 6.07) is 9.71. The zero-order chi connectivity index (χ0) is 31.4. The van der Waals surface area contributed by atoms with Crippen molar-refractivity contribution in [2.75, 3.05) is 37.7 Å². The summed E-state index contributed by atoms with van der Waals surface area (Å²) >= 11 is 0. The highest BCUT2D eigenvalue weighted by molar-refractivity contribution is 5.87. The Balaban J connectivity index is 1.73. The summed E-state index contributed by atoms with van der Waals surface area (Å²) in [5.41, 5.74) is 6.24. The summed E-state index contributed by atoms with van der Waals surface area (Å²) < 4.78 is 17.6. The van der Waals surface area contributed by atoms with Crippen molar-refractivity contribution < 1.29 is 23.8 Å². The van der Waals surface area contributed by atoms with E-state index in [0.717, 1.165) is 65.3 Å². The maximum absolute atomic E-state index is 13.5. The molecule has 1 fully saturated rings. The average Bonchev–Trinajstić information content (AvgIpc) is 2.95. The number of aryl methyl sites for hydroxylation is 2. The number of hydrogen-bond donors (Lipinski definition) is 0. The van der Waals surface area contributed by atoms with E-state index in [1.807, 2.05) is 71.9 Å². The highest BCUT2D eigenvalue weighted by Gasteiger charge is 2.38. The second kappa shape index (κ2) is 13.5. The van der Waals surface area contributed by atoms with Crippen molar-refractivity contribution in [2.24, 2.45) is 5.41 Å². The Morgan fingerprint density at radius 3 is 2.26 bits per heavy atom. The van der Waals surface area contributed by atoms with Crippen LogP contribution in [0.25, 0.3) is 5.57 Å². The molecule has 3 heterocycles. The van der Waals surface area contributed by atoms with E-state index in [4.69, 9.17) is 19.2 Å². The third-order valence-electron chi connectivity index (χ3n) is 8.24. The Morgan fingerprint density at radius 2 is 1.67 bits per heavy atom. The van der Waals surface area contributed by atoms with Gasteiger partial charge >= 0.3 is 12.1 Å². The molecular formula is C35H49N3O5. The van der Waals surface area contributed by atoms with Crippen LogP contribution in [-0.4, -0.2) is 60.3 Å².